The third-order valence-electron chi connectivity index (χ3n) is 5.12. The van der Waals surface area contributed by atoms with Gasteiger partial charge in [-0.3, -0.25) is 4.90 Å². The van der Waals surface area contributed by atoms with Crippen LogP contribution >= 0.6 is 0 Å². The molecule has 132 valence electrons. The quantitative estimate of drug-likeness (QED) is 0.761. The van der Waals surface area contributed by atoms with Crippen LogP contribution in [0.1, 0.15) is 25.3 Å². The number of hydrogen-bond acceptors (Lipinski definition) is 4. The average molecular weight is 333 g/mol. The van der Waals surface area contributed by atoms with Crippen molar-refractivity contribution in [1.82, 2.24) is 15.1 Å². The molecule has 4 atom stereocenters. The van der Waals surface area contributed by atoms with Crippen molar-refractivity contribution in [1.29, 1.82) is 0 Å². The van der Waals surface area contributed by atoms with Crippen molar-refractivity contribution in [2.24, 2.45) is 0 Å². The predicted octanol–water partition coefficient (Wildman–Crippen LogP) is 0.786. The van der Waals surface area contributed by atoms with E-state index < -0.39 is 6.10 Å². The summed E-state index contributed by atoms with van der Waals surface area (Å²) in [6.07, 6.45) is 0.828. The van der Waals surface area contributed by atoms with E-state index in [0.29, 0.717) is 19.0 Å². The van der Waals surface area contributed by atoms with Crippen LogP contribution in [0.5, 0.6) is 0 Å². The maximum Gasteiger partial charge on any atom is 0.318 e. The topological polar surface area (TPSA) is 76.0 Å². The van der Waals surface area contributed by atoms with E-state index in [-0.39, 0.29) is 24.7 Å². The number of hydrogen-bond donors (Lipinski definition) is 3. The summed E-state index contributed by atoms with van der Waals surface area (Å²) < 4.78 is 0. The molecule has 2 heterocycles. The second-order valence-electron chi connectivity index (χ2n) is 7.02. The monoisotopic (exact) mass is 333 g/mol. The fraction of sp³-hybridized carbons (Fsp3) is 0.611. The molecule has 1 aromatic carbocycles. The van der Waals surface area contributed by atoms with Crippen molar-refractivity contribution in [3.63, 3.8) is 0 Å². The molecule has 2 fully saturated rings. The number of β-amino-alcohol motifs (C(OH)–C–C–N with tert-alkyl or cyclic N) is 1. The molecule has 0 radical (unpaired) electrons. The van der Waals surface area contributed by atoms with E-state index in [0.717, 1.165) is 19.5 Å². The van der Waals surface area contributed by atoms with Crippen LogP contribution in [0.15, 0.2) is 30.3 Å². The molecule has 2 amide bonds. The summed E-state index contributed by atoms with van der Waals surface area (Å²) in [5.41, 5.74) is 1.28. The first-order valence-electron chi connectivity index (χ1n) is 8.71. The number of carbonyl (C=O) groups excluding carboxylic acids is 1. The molecule has 2 aliphatic rings. The summed E-state index contributed by atoms with van der Waals surface area (Å²) in [6, 6.07) is 10.4. The Morgan fingerprint density at radius 3 is 2.71 bits per heavy atom. The number of benzene rings is 1. The molecule has 3 N–H and O–H groups in total. The Bertz CT molecular complexity index is 554. The van der Waals surface area contributed by atoms with Crippen LogP contribution in [0.3, 0.4) is 0 Å². The van der Waals surface area contributed by atoms with E-state index in [1.165, 1.54) is 5.56 Å². The van der Waals surface area contributed by atoms with Gasteiger partial charge in [-0.1, -0.05) is 30.3 Å². The maximum atomic E-state index is 12.5. The van der Waals surface area contributed by atoms with Crippen LogP contribution in [-0.4, -0.2) is 70.0 Å². The van der Waals surface area contributed by atoms with Gasteiger partial charge in [0.2, 0.25) is 0 Å². The van der Waals surface area contributed by atoms with E-state index in [2.05, 4.69) is 29.3 Å². The molecule has 0 unspecified atom stereocenters. The average Bonchev–Trinajstić information content (AvgIpc) is 3.11. The molecule has 0 bridgehead atoms. The molecule has 0 aromatic heterocycles. The molecule has 0 spiro atoms. The summed E-state index contributed by atoms with van der Waals surface area (Å²) in [6.45, 7) is 4.09. The third-order valence-corrected chi connectivity index (χ3v) is 5.12. The highest BCUT2D eigenvalue weighted by Gasteiger charge is 2.36. The molecule has 2 aliphatic heterocycles. The fourth-order valence-electron chi connectivity index (χ4n) is 3.81. The van der Waals surface area contributed by atoms with Crippen molar-refractivity contribution in [3.8, 4) is 0 Å². The fourth-order valence-corrected chi connectivity index (χ4v) is 3.81. The van der Waals surface area contributed by atoms with Crippen LogP contribution in [0, 0.1) is 0 Å². The van der Waals surface area contributed by atoms with Gasteiger partial charge in [0, 0.05) is 31.7 Å². The third kappa shape index (κ3) is 3.88. The minimum absolute atomic E-state index is 0.105. The molecule has 3 rings (SSSR count). The van der Waals surface area contributed by atoms with E-state index in [1.807, 2.05) is 18.2 Å². The van der Waals surface area contributed by atoms with Gasteiger partial charge in [0.1, 0.15) is 0 Å². The molecular formula is C18H27N3O3. The highest BCUT2D eigenvalue weighted by Crippen LogP contribution is 2.22. The van der Waals surface area contributed by atoms with Gasteiger partial charge >= 0.3 is 6.03 Å². The van der Waals surface area contributed by atoms with E-state index >= 15 is 0 Å². The Hall–Kier alpha value is -1.63. The normalized spacial score (nSPS) is 30.7. The van der Waals surface area contributed by atoms with E-state index in [9.17, 15) is 15.0 Å². The number of carbonyl (C=O) groups is 1. The first kappa shape index (κ1) is 17.2. The number of rotatable bonds is 4. The molecule has 1 aromatic rings. The molecule has 24 heavy (non-hydrogen) atoms. The van der Waals surface area contributed by atoms with Crippen LogP contribution < -0.4 is 5.32 Å². The van der Waals surface area contributed by atoms with Gasteiger partial charge in [0.15, 0.2) is 0 Å². The zero-order valence-electron chi connectivity index (χ0n) is 14.1. The molecule has 0 aliphatic carbocycles. The van der Waals surface area contributed by atoms with Gasteiger partial charge in [0.05, 0.1) is 18.8 Å². The molecule has 0 saturated carbocycles. The lowest BCUT2D eigenvalue weighted by atomic mass is 10.2. The molecule has 2 saturated heterocycles. The lowest BCUT2D eigenvalue weighted by molar-refractivity contribution is 0.152. The number of amides is 2. The van der Waals surface area contributed by atoms with Gasteiger partial charge in [-0.15, -0.1) is 0 Å². The van der Waals surface area contributed by atoms with Crippen molar-refractivity contribution in [2.45, 2.75) is 50.5 Å². The first-order valence-corrected chi connectivity index (χ1v) is 8.71. The Morgan fingerprint density at radius 2 is 2.00 bits per heavy atom. The largest absolute Gasteiger partial charge is 0.394 e. The minimum Gasteiger partial charge on any atom is -0.394 e. The van der Waals surface area contributed by atoms with Gasteiger partial charge in [-0.25, -0.2) is 4.79 Å². The summed E-state index contributed by atoms with van der Waals surface area (Å²) in [4.78, 5) is 16.4. The van der Waals surface area contributed by atoms with Gasteiger partial charge in [0.25, 0.3) is 0 Å². The first-order chi connectivity index (χ1) is 11.6. The van der Waals surface area contributed by atoms with Crippen molar-refractivity contribution in [2.75, 3.05) is 19.7 Å². The van der Waals surface area contributed by atoms with E-state index in [4.69, 9.17) is 0 Å². The lowest BCUT2D eigenvalue weighted by Gasteiger charge is -2.25. The smallest absolute Gasteiger partial charge is 0.318 e. The molecular weight excluding hydrogens is 306 g/mol. The minimum atomic E-state index is -0.537. The summed E-state index contributed by atoms with van der Waals surface area (Å²) in [5, 5.41) is 22.2. The maximum absolute atomic E-state index is 12.5. The zero-order chi connectivity index (χ0) is 17.1. The molecule has 6 heteroatoms. The number of urea groups is 1. The van der Waals surface area contributed by atoms with Gasteiger partial charge in [-0.2, -0.15) is 0 Å². The number of aliphatic hydroxyl groups is 2. The van der Waals surface area contributed by atoms with Crippen LogP contribution in [0.2, 0.25) is 0 Å². The number of aliphatic hydroxyl groups excluding tert-OH is 2. The highest BCUT2D eigenvalue weighted by molar-refractivity contribution is 5.75. The van der Waals surface area contributed by atoms with Crippen molar-refractivity contribution >= 4 is 6.03 Å². The summed E-state index contributed by atoms with van der Waals surface area (Å²) >= 11 is 0. The van der Waals surface area contributed by atoms with E-state index in [1.54, 1.807) is 4.90 Å². The SMILES string of the molecule is C[C@@H]1C[C@@H](NC(=O)N2C[C@@H](O)C[C@H]2CO)CN1Cc1ccccc1. The van der Waals surface area contributed by atoms with Crippen LogP contribution in [0.25, 0.3) is 0 Å². The van der Waals surface area contributed by atoms with Gasteiger partial charge < -0.3 is 20.4 Å². The summed E-state index contributed by atoms with van der Waals surface area (Å²) in [5.74, 6) is 0. The van der Waals surface area contributed by atoms with Gasteiger partial charge in [-0.05, 0) is 25.3 Å². The second-order valence-corrected chi connectivity index (χ2v) is 7.02. The Morgan fingerprint density at radius 1 is 1.25 bits per heavy atom. The number of nitrogens with one attached hydrogen (secondary N) is 1. The predicted molar refractivity (Wildman–Crippen MR) is 91.5 cm³/mol. The summed E-state index contributed by atoms with van der Waals surface area (Å²) in [7, 11) is 0. The number of nitrogens with zero attached hydrogens (tertiary/aromatic N) is 2. The van der Waals surface area contributed by atoms with Crippen molar-refractivity contribution in [3.05, 3.63) is 35.9 Å². The lowest BCUT2D eigenvalue weighted by Crippen LogP contribution is -2.48. The Kier molecular flexibility index (Phi) is 5.38. The second kappa shape index (κ2) is 7.51. The number of likely N-dealkylation sites (tertiary alicyclic amines) is 2. The Labute approximate surface area is 143 Å². The zero-order valence-corrected chi connectivity index (χ0v) is 14.1. The standard InChI is InChI=1S/C18H27N3O3/c1-13-7-15(10-20(13)9-14-5-3-2-4-6-14)19-18(24)21-11-17(23)8-16(21)12-22/h2-6,13,15-17,22-23H,7-12H2,1H3,(H,19,24)/t13-,15-,16+,17+/m1/s1. The molecule has 6 nitrogen and oxygen atoms in total. The van der Waals surface area contributed by atoms with Crippen molar-refractivity contribution < 1.29 is 15.0 Å². The Balaban J connectivity index is 1.54. The van der Waals surface area contributed by atoms with Crippen LogP contribution in [0.4, 0.5) is 4.79 Å². The van der Waals surface area contributed by atoms with Crippen LogP contribution in [-0.2, 0) is 6.54 Å². The highest BCUT2D eigenvalue weighted by atomic mass is 16.3.